The predicted molar refractivity (Wildman–Crippen MR) is 69.4 cm³/mol. The smallest absolute Gasteiger partial charge is 0.311 e. The number of carboxylic acid groups (broad SMARTS) is 1. The monoisotopic (exact) mass is 244 g/mol. The maximum atomic E-state index is 11.5. The number of rotatable bonds is 4. The number of hydrogen-bond donors (Lipinski definition) is 3. The Hall–Kier alpha value is -1.81. The molecule has 0 saturated heterocycles. The van der Waals surface area contributed by atoms with Crippen molar-refractivity contribution in [1.29, 1.82) is 0 Å². The highest BCUT2D eigenvalue weighted by atomic mass is 16.4. The molecule has 0 radical (unpaired) electrons. The number of fused-ring (bicyclic) bond motifs is 1. The first-order valence-corrected chi connectivity index (χ1v) is 6.16. The highest BCUT2D eigenvalue weighted by Crippen LogP contribution is 2.55. The van der Waals surface area contributed by atoms with Gasteiger partial charge < -0.3 is 15.4 Å². The molecule has 94 valence electrons. The van der Waals surface area contributed by atoms with Crippen LogP contribution >= 0.6 is 0 Å². The SMILES string of the molecule is CNC(c1c[nH]c2ccccc12)C1(C(=O)O)CC1. The van der Waals surface area contributed by atoms with Crippen molar-refractivity contribution in [2.45, 2.75) is 18.9 Å². The Morgan fingerprint density at radius 3 is 2.78 bits per heavy atom. The molecule has 0 aliphatic heterocycles. The number of carboxylic acids is 1. The second-order valence-electron chi connectivity index (χ2n) is 4.97. The van der Waals surface area contributed by atoms with Gasteiger partial charge in [-0.2, -0.15) is 0 Å². The van der Waals surface area contributed by atoms with Gasteiger partial charge in [0.1, 0.15) is 0 Å². The van der Waals surface area contributed by atoms with Gasteiger partial charge in [-0.1, -0.05) is 18.2 Å². The Bertz CT molecular complexity index is 599. The molecule has 1 fully saturated rings. The quantitative estimate of drug-likeness (QED) is 0.773. The second kappa shape index (κ2) is 3.85. The lowest BCUT2D eigenvalue weighted by Gasteiger charge is -2.22. The zero-order valence-electron chi connectivity index (χ0n) is 10.2. The van der Waals surface area contributed by atoms with Gasteiger partial charge in [0.25, 0.3) is 0 Å². The van der Waals surface area contributed by atoms with E-state index in [1.54, 1.807) is 0 Å². The number of aliphatic carboxylic acids is 1. The van der Waals surface area contributed by atoms with E-state index in [1.165, 1.54) is 0 Å². The van der Waals surface area contributed by atoms with Gasteiger partial charge in [0.15, 0.2) is 0 Å². The first kappa shape index (κ1) is 11.3. The third-order valence-electron chi connectivity index (χ3n) is 3.99. The van der Waals surface area contributed by atoms with E-state index < -0.39 is 11.4 Å². The fourth-order valence-corrected chi connectivity index (χ4v) is 2.82. The maximum absolute atomic E-state index is 11.5. The van der Waals surface area contributed by atoms with Crippen molar-refractivity contribution in [2.24, 2.45) is 5.41 Å². The predicted octanol–water partition coefficient (Wildman–Crippen LogP) is 2.29. The molecule has 0 spiro atoms. The Balaban J connectivity index is 2.10. The summed E-state index contributed by atoms with van der Waals surface area (Å²) in [6.45, 7) is 0. The lowest BCUT2D eigenvalue weighted by Crippen LogP contribution is -2.32. The molecule has 2 aromatic rings. The zero-order valence-corrected chi connectivity index (χ0v) is 10.2. The molecule has 1 atom stereocenters. The van der Waals surface area contributed by atoms with Crippen molar-refractivity contribution in [1.82, 2.24) is 10.3 Å². The van der Waals surface area contributed by atoms with Crippen LogP contribution in [0.15, 0.2) is 30.5 Å². The summed E-state index contributed by atoms with van der Waals surface area (Å²) in [7, 11) is 1.83. The molecule has 1 aromatic carbocycles. The van der Waals surface area contributed by atoms with E-state index in [0.717, 1.165) is 29.3 Å². The van der Waals surface area contributed by atoms with E-state index in [1.807, 2.05) is 37.5 Å². The lowest BCUT2D eigenvalue weighted by molar-refractivity contribution is -0.144. The van der Waals surface area contributed by atoms with Gasteiger partial charge in [-0.25, -0.2) is 0 Å². The summed E-state index contributed by atoms with van der Waals surface area (Å²) in [4.78, 5) is 14.7. The summed E-state index contributed by atoms with van der Waals surface area (Å²) in [5, 5.41) is 13.7. The number of H-pyrrole nitrogens is 1. The number of aromatic amines is 1. The summed E-state index contributed by atoms with van der Waals surface area (Å²) >= 11 is 0. The van der Waals surface area contributed by atoms with Crippen molar-refractivity contribution >= 4 is 16.9 Å². The molecule has 3 rings (SSSR count). The molecule has 1 saturated carbocycles. The molecule has 18 heavy (non-hydrogen) atoms. The minimum atomic E-state index is -0.702. The molecule has 1 unspecified atom stereocenters. The first-order valence-electron chi connectivity index (χ1n) is 6.16. The van der Waals surface area contributed by atoms with Crippen LogP contribution in [0.4, 0.5) is 0 Å². The molecule has 1 heterocycles. The van der Waals surface area contributed by atoms with Crippen LogP contribution < -0.4 is 5.32 Å². The standard InChI is InChI=1S/C14H16N2O2/c1-15-12(14(6-7-14)13(17)18)10-8-16-11-5-3-2-4-9(10)11/h2-5,8,12,15-16H,6-7H2,1H3,(H,17,18). The van der Waals surface area contributed by atoms with Gasteiger partial charge in [0.2, 0.25) is 0 Å². The molecular weight excluding hydrogens is 228 g/mol. The van der Waals surface area contributed by atoms with Crippen LogP contribution in [0.3, 0.4) is 0 Å². The van der Waals surface area contributed by atoms with E-state index in [9.17, 15) is 9.90 Å². The number of aromatic nitrogens is 1. The second-order valence-corrected chi connectivity index (χ2v) is 4.97. The Kier molecular flexibility index (Phi) is 2.41. The molecule has 3 N–H and O–H groups in total. The van der Waals surface area contributed by atoms with Crippen LogP contribution in [0.1, 0.15) is 24.4 Å². The molecule has 4 nitrogen and oxygen atoms in total. The third-order valence-corrected chi connectivity index (χ3v) is 3.99. The van der Waals surface area contributed by atoms with Gasteiger partial charge in [-0.05, 0) is 31.5 Å². The van der Waals surface area contributed by atoms with Gasteiger partial charge >= 0.3 is 5.97 Å². The first-order chi connectivity index (χ1) is 8.69. The molecule has 1 aromatic heterocycles. The molecule has 1 aliphatic rings. The van der Waals surface area contributed by atoms with Crippen LogP contribution in [0.2, 0.25) is 0 Å². The Morgan fingerprint density at radius 1 is 1.44 bits per heavy atom. The lowest BCUT2D eigenvalue weighted by atomic mass is 9.90. The molecule has 0 amide bonds. The molecule has 1 aliphatic carbocycles. The highest BCUT2D eigenvalue weighted by molar-refractivity contribution is 5.86. The van der Waals surface area contributed by atoms with Crippen molar-refractivity contribution in [2.75, 3.05) is 7.05 Å². The summed E-state index contributed by atoms with van der Waals surface area (Å²) in [5.41, 5.74) is 1.47. The van der Waals surface area contributed by atoms with Crippen LogP contribution in [-0.2, 0) is 4.79 Å². The Labute approximate surface area is 105 Å². The number of nitrogens with one attached hydrogen (secondary N) is 2. The van der Waals surface area contributed by atoms with Gasteiger partial charge in [0, 0.05) is 17.1 Å². The average molecular weight is 244 g/mol. The highest BCUT2D eigenvalue weighted by Gasteiger charge is 2.56. The van der Waals surface area contributed by atoms with Crippen LogP contribution in [0.25, 0.3) is 10.9 Å². The fourth-order valence-electron chi connectivity index (χ4n) is 2.82. The van der Waals surface area contributed by atoms with E-state index in [2.05, 4.69) is 10.3 Å². The molecule has 4 heteroatoms. The fraction of sp³-hybridized carbons (Fsp3) is 0.357. The largest absolute Gasteiger partial charge is 0.481 e. The van der Waals surface area contributed by atoms with E-state index in [4.69, 9.17) is 0 Å². The number of benzene rings is 1. The number of hydrogen-bond acceptors (Lipinski definition) is 2. The van der Waals surface area contributed by atoms with Crippen LogP contribution in [-0.4, -0.2) is 23.1 Å². The normalized spacial score (nSPS) is 18.7. The molecular formula is C14H16N2O2. The van der Waals surface area contributed by atoms with Gasteiger partial charge in [0.05, 0.1) is 11.5 Å². The van der Waals surface area contributed by atoms with E-state index in [-0.39, 0.29) is 6.04 Å². The number of para-hydroxylation sites is 1. The maximum Gasteiger partial charge on any atom is 0.311 e. The van der Waals surface area contributed by atoms with Crippen LogP contribution in [0, 0.1) is 5.41 Å². The van der Waals surface area contributed by atoms with E-state index in [0.29, 0.717) is 0 Å². The van der Waals surface area contributed by atoms with Crippen molar-refractivity contribution in [3.8, 4) is 0 Å². The minimum Gasteiger partial charge on any atom is -0.481 e. The van der Waals surface area contributed by atoms with E-state index >= 15 is 0 Å². The van der Waals surface area contributed by atoms with Crippen molar-refractivity contribution in [3.63, 3.8) is 0 Å². The Morgan fingerprint density at radius 2 is 2.17 bits per heavy atom. The zero-order chi connectivity index (χ0) is 12.8. The minimum absolute atomic E-state index is 0.133. The average Bonchev–Trinajstić information content (AvgIpc) is 3.07. The summed E-state index contributed by atoms with van der Waals surface area (Å²) in [5.74, 6) is -0.702. The molecule has 0 bridgehead atoms. The van der Waals surface area contributed by atoms with Crippen molar-refractivity contribution < 1.29 is 9.90 Å². The van der Waals surface area contributed by atoms with Gasteiger partial charge in [-0.15, -0.1) is 0 Å². The third kappa shape index (κ3) is 1.46. The van der Waals surface area contributed by atoms with Crippen molar-refractivity contribution in [3.05, 3.63) is 36.0 Å². The summed E-state index contributed by atoms with van der Waals surface area (Å²) in [6, 6.07) is 7.86. The van der Waals surface area contributed by atoms with Crippen LogP contribution in [0.5, 0.6) is 0 Å². The summed E-state index contributed by atoms with van der Waals surface area (Å²) < 4.78 is 0. The van der Waals surface area contributed by atoms with Gasteiger partial charge in [-0.3, -0.25) is 4.79 Å². The summed E-state index contributed by atoms with van der Waals surface area (Å²) in [6.07, 6.45) is 3.41. The number of carbonyl (C=O) groups is 1. The topological polar surface area (TPSA) is 65.1 Å².